The van der Waals surface area contributed by atoms with Crippen LogP contribution in [0.4, 0.5) is 5.69 Å². The molecule has 2 aromatic rings. The molecule has 1 aromatic carbocycles. The molecular formula is C10H12N2O. The predicted octanol–water partition coefficient (Wildman–Crippen LogP) is 2.15. The summed E-state index contributed by atoms with van der Waals surface area (Å²) in [6.07, 6.45) is 0. The fourth-order valence-corrected chi connectivity index (χ4v) is 1.39. The van der Waals surface area contributed by atoms with Gasteiger partial charge in [-0.25, -0.2) is 0 Å². The van der Waals surface area contributed by atoms with Crippen molar-refractivity contribution in [1.29, 1.82) is 0 Å². The van der Waals surface area contributed by atoms with Crippen LogP contribution in [-0.4, -0.2) is 11.6 Å². The molecule has 0 aliphatic rings. The number of aromatic amines is 1. The number of nitrogens with two attached hydrogens (primary N) is 1. The maximum Gasteiger partial charge on any atom is 0.191 e. The summed E-state index contributed by atoms with van der Waals surface area (Å²) in [6.45, 7) is 2.61. The normalized spacial score (nSPS) is 10.5. The summed E-state index contributed by atoms with van der Waals surface area (Å²) in [7, 11) is 0. The molecule has 0 aliphatic carbocycles. The minimum atomic E-state index is 0.659. The molecule has 3 nitrogen and oxygen atoms in total. The standard InChI is InChI=1S/C10H12N2O/c1-2-13-10-6-7-8(11)4-3-5-9(7)12-10/h3-6,12H,2,11H2,1H3. The van der Waals surface area contributed by atoms with E-state index in [0.29, 0.717) is 6.61 Å². The zero-order valence-electron chi connectivity index (χ0n) is 7.50. The Labute approximate surface area is 76.5 Å². The van der Waals surface area contributed by atoms with Gasteiger partial charge >= 0.3 is 0 Å². The minimum Gasteiger partial charge on any atom is -0.479 e. The smallest absolute Gasteiger partial charge is 0.191 e. The van der Waals surface area contributed by atoms with Crippen LogP contribution < -0.4 is 10.5 Å². The number of benzene rings is 1. The summed E-state index contributed by atoms with van der Waals surface area (Å²) in [5.41, 5.74) is 7.58. The Kier molecular flexibility index (Phi) is 1.85. The second kappa shape index (κ2) is 3.01. The van der Waals surface area contributed by atoms with E-state index < -0.39 is 0 Å². The van der Waals surface area contributed by atoms with Crippen LogP contribution in [0.1, 0.15) is 6.92 Å². The molecule has 0 fully saturated rings. The van der Waals surface area contributed by atoms with E-state index >= 15 is 0 Å². The van der Waals surface area contributed by atoms with Gasteiger partial charge in [-0.3, -0.25) is 0 Å². The second-order valence-corrected chi connectivity index (χ2v) is 2.88. The van der Waals surface area contributed by atoms with Crippen molar-refractivity contribution in [2.75, 3.05) is 12.3 Å². The molecule has 0 spiro atoms. The van der Waals surface area contributed by atoms with Crippen LogP contribution in [-0.2, 0) is 0 Å². The van der Waals surface area contributed by atoms with Gasteiger partial charge < -0.3 is 15.5 Å². The average Bonchev–Trinajstić information content (AvgIpc) is 2.49. The van der Waals surface area contributed by atoms with E-state index in [-0.39, 0.29) is 0 Å². The van der Waals surface area contributed by atoms with E-state index in [1.807, 2.05) is 31.2 Å². The summed E-state index contributed by atoms with van der Waals surface area (Å²) in [5, 5.41) is 1.02. The first-order chi connectivity index (χ1) is 6.31. The van der Waals surface area contributed by atoms with E-state index in [1.165, 1.54) is 0 Å². The number of fused-ring (bicyclic) bond motifs is 1. The molecule has 13 heavy (non-hydrogen) atoms. The third-order valence-corrected chi connectivity index (χ3v) is 1.97. The molecule has 3 N–H and O–H groups in total. The van der Waals surface area contributed by atoms with Crippen molar-refractivity contribution >= 4 is 16.6 Å². The number of nitrogen functional groups attached to an aromatic ring is 1. The highest BCUT2D eigenvalue weighted by Crippen LogP contribution is 2.25. The van der Waals surface area contributed by atoms with Gasteiger partial charge in [0, 0.05) is 17.1 Å². The van der Waals surface area contributed by atoms with Crippen molar-refractivity contribution < 1.29 is 4.74 Å². The molecule has 0 atom stereocenters. The molecule has 1 heterocycles. The monoisotopic (exact) mass is 176 g/mol. The van der Waals surface area contributed by atoms with Crippen LogP contribution in [0.3, 0.4) is 0 Å². The van der Waals surface area contributed by atoms with Crippen molar-refractivity contribution in [3.8, 4) is 5.88 Å². The van der Waals surface area contributed by atoms with Gasteiger partial charge in [0.05, 0.1) is 12.1 Å². The van der Waals surface area contributed by atoms with Crippen LogP contribution in [0.5, 0.6) is 5.88 Å². The highest BCUT2D eigenvalue weighted by atomic mass is 16.5. The summed E-state index contributed by atoms with van der Waals surface area (Å²) in [4.78, 5) is 3.14. The van der Waals surface area contributed by atoms with Crippen molar-refractivity contribution in [1.82, 2.24) is 4.98 Å². The van der Waals surface area contributed by atoms with E-state index in [0.717, 1.165) is 22.5 Å². The molecular weight excluding hydrogens is 164 g/mol. The summed E-state index contributed by atoms with van der Waals surface area (Å²) >= 11 is 0. The van der Waals surface area contributed by atoms with E-state index in [1.54, 1.807) is 0 Å². The molecule has 0 amide bonds. The molecule has 2 rings (SSSR count). The predicted molar refractivity (Wildman–Crippen MR) is 53.9 cm³/mol. The first-order valence-corrected chi connectivity index (χ1v) is 4.31. The lowest BCUT2D eigenvalue weighted by atomic mass is 10.2. The third-order valence-electron chi connectivity index (χ3n) is 1.97. The van der Waals surface area contributed by atoms with Crippen LogP contribution in [0.15, 0.2) is 24.3 Å². The molecule has 68 valence electrons. The molecule has 0 saturated heterocycles. The van der Waals surface area contributed by atoms with Gasteiger partial charge in [0.25, 0.3) is 0 Å². The fraction of sp³-hybridized carbons (Fsp3) is 0.200. The molecule has 3 heteroatoms. The van der Waals surface area contributed by atoms with Crippen LogP contribution in [0.25, 0.3) is 10.9 Å². The molecule has 0 radical (unpaired) electrons. The van der Waals surface area contributed by atoms with Crippen LogP contribution >= 0.6 is 0 Å². The Bertz CT molecular complexity index is 420. The molecule has 1 aromatic heterocycles. The quantitative estimate of drug-likeness (QED) is 0.689. The number of anilines is 1. The number of rotatable bonds is 2. The maximum absolute atomic E-state index is 5.79. The molecule has 0 aliphatic heterocycles. The Morgan fingerprint density at radius 2 is 2.31 bits per heavy atom. The topological polar surface area (TPSA) is 51.0 Å². The van der Waals surface area contributed by atoms with Crippen LogP contribution in [0, 0.1) is 0 Å². The summed E-state index contributed by atoms with van der Waals surface area (Å²) in [6, 6.07) is 7.71. The molecule has 0 bridgehead atoms. The third kappa shape index (κ3) is 1.33. The Morgan fingerprint density at radius 3 is 3.00 bits per heavy atom. The maximum atomic E-state index is 5.79. The lowest BCUT2D eigenvalue weighted by Gasteiger charge is -1.95. The van der Waals surface area contributed by atoms with Crippen molar-refractivity contribution in [3.63, 3.8) is 0 Å². The fourth-order valence-electron chi connectivity index (χ4n) is 1.39. The number of H-pyrrole nitrogens is 1. The number of hydrogen-bond acceptors (Lipinski definition) is 2. The SMILES string of the molecule is CCOc1cc2c(N)cccc2[nH]1. The van der Waals surface area contributed by atoms with Crippen molar-refractivity contribution in [2.24, 2.45) is 0 Å². The van der Waals surface area contributed by atoms with E-state index in [9.17, 15) is 0 Å². The lowest BCUT2D eigenvalue weighted by molar-refractivity contribution is 0.329. The zero-order valence-corrected chi connectivity index (χ0v) is 7.50. The van der Waals surface area contributed by atoms with Gasteiger partial charge in [-0.15, -0.1) is 0 Å². The molecule has 0 unspecified atom stereocenters. The van der Waals surface area contributed by atoms with Gasteiger partial charge in [0.1, 0.15) is 0 Å². The molecule has 0 saturated carbocycles. The van der Waals surface area contributed by atoms with E-state index in [4.69, 9.17) is 10.5 Å². The van der Waals surface area contributed by atoms with Gasteiger partial charge in [-0.1, -0.05) is 6.07 Å². The Morgan fingerprint density at radius 1 is 1.46 bits per heavy atom. The summed E-state index contributed by atoms with van der Waals surface area (Å²) in [5.74, 6) is 0.774. The largest absolute Gasteiger partial charge is 0.479 e. The number of aromatic nitrogens is 1. The Balaban J connectivity index is 2.55. The highest BCUT2D eigenvalue weighted by molar-refractivity contribution is 5.92. The van der Waals surface area contributed by atoms with E-state index in [2.05, 4.69) is 4.98 Å². The first-order valence-electron chi connectivity index (χ1n) is 4.31. The van der Waals surface area contributed by atoms with Gasteiger partial charge in [-0.05, 0) is 19.1 Å². The van der Waals surface area contributed by atoms with Gasteiger partial charge in [-0.2, -0.15) is 0 Å². The minimum absolute atomic E-state index is 0.659. The van der Waals surface area contributed by atoms with Gasteiger partial charge in [0.15, 0.2) is 5.88 Å². The zero-order chi connectivity index (χ0) is 9.26. The Hall–Kier alpha value is -1.64. The first kappa shape index (κ1) is 7.98. The lowest BCUT2D eigenvalue weighted by Crippen LogP contribution is -1.89. The average molecular weight is 176 g/mol. The number of nitrogens with one attached hydrogen (secondary N) is 1. The van der Waals surface area contributed by atoms with Gasteiger partial charge in [0.2, 0.25) is 0 Å². The van der Waals surface area contributed by atoms with Crippen molar-refractivity contribution in [2.45, 2.75) is 6.92 Å². The number of hydrogen-bond donors (Lipinski definition) is 2. The number of ether oxygens (including phenoxy) is 1. The van der Waals surface area contributed by atoms with Crippen LogP contribution in [0.2, 0.25) is 0 Å². The highest BCUT2D eigenvalue weighted by Gasteiger charge is 2.02. The summed E-state index contributed by atoms with van der Waals surface area (Å²) < 4.78 is 5.33. The second-order valence-electron chi connectivity index (χ2n) is 2.88. The van der Waals surface area contributed by atoms with Crippen molar-refractivity contribution in [3.05, 3.63) is 24.3 Å².